The summed E-state index contributed by atoms with van der Waals surface area (Å²) in [5.41, 5.74) is 6.15. The molecule has 0 bridgehead atoms. The van der Waals surface area contributed by atoms with Crippen LogP contribution in [-0.2, 0) is 17.9 Å². The zero-order chi connectivity index (χ0) is 21.8. The molecule has 1 aromatic heterocycles. The number of benzene rings is 1. The number of hydrogen-bond acceptors (Lipinski definition) is 3. The van der Waals surface area contributed by atoms with Crippen LogP contribution in [0.4, 0.5) is 13.2 Å². The molecule has 0 unspecified atom stereocenters. The molecule has 2 N–H and O–H groups in total. The molecule has 6 nitrogen and oxygen atoms in total. The molecule has 2 aliphatic rings. The van der Waals surface area contributed by atoms with E-state index in [0.29, 0.717) is 24.3 Å². The molecule has 0 saturated heterocycles. The fraction of sp³-hybridized carbons (Fsp3) is 0.450. The van der Waals surface area contributed by atoms with Crippen LogP contribution in [0.1, 0.15) is 42.2 Å². The Hall–Kier alpha value is -2.55. The number of halogens is 4. The van der Waals surface area contributed by atoms with Crippen LogP contribution in [0.25, 0.3) is 11.3 Å². The Labute approximate surface area is 175 Å². The number of primary amides is 1. The zero-order valence-electron chi connectivity index (χ0n) is 16.2. The second kappa shape index (κ2) is 7.01. The molecule has 2 aromatic rings. The van der Waals surface area contributed by atoms with Crippen LogP contribution in [0.3, 0.4) is 0 Å². The van der Waals surface area contributed by atoms with Crippen molar-refractivity contribution in [3.05, 3.63) is 40.3 Å². The molecule has 1 fully saturated rings. The third-order valence-corrected chi connectivity index (χ3v) is 6.01. The van der Waals surface area contributed by atoms with E-state index in [4.69, 9.17) is 17.3 Å². The summed E-state index contributed by atoms with van der Waals surface area (Å²) in [4.78, 5) is 26.5. The van der Waals surface area contributed by atoms with E-state index in [1.807, 2.05) is 0 Å². The minimum absolute atomic E-state index is 0.0169. The van der Waals surface area contributed by atoms with E-state index in [0.717, 1.165) is 0 Å². The molecular weight excluding hydrogens is 421 g/mol. The lowest BCUT2D eigenvalue weighted by atomic mass is 9.65. The molecular formula is C20H20ClF3N4O2. The first-order valence-corrected chi connectivity index (χ1v) is 9.86. The predicted molar refractivity (Wildman–Crippen MR) is 103 cm³/mol. The van der Waals surface area contributed by atoms with Gasteiger partial charge in [-0.3, -0.25) is 14.3 Å². The van der Waals surface area contributed by atoms with Gasteiger partial charge in [0.25, 0.3) is 5.91 Å². The van der Waals surface area contributed by atoms with Crippen LogP contribution in [0.5, 0.6) is 0 Å². The molecule has 1 aliphatic carbocycles. The average Bonchev–Trinajstić information content (AvgIpc) is 3.00. The van der Waals surface area contributed by atoms with E-state index in [-0.39, 0.29) is 48.0 Å². The molecule has 30 heavy (non-hydrogen) atoms. The highest BCUT2D eigenvalue weighted by molar-refractivity contribution is 6.31. The van der Waals surface area contributed by atoms with Crippen molar-refractivity contribution in [2.45, 2.75) is 45.2 Å². The van der Waals surface area contributed by atoms with Gasteiger partial charge in [-0.15, -0.1) is 0 Å². The molecule has 2 amide bonds. The second-order valence-electron chi connectivity index (χ2n) is 8.40. The van der Waals surface area contributed by atoms with Gasteiger partial charge < -0.3 is 10.6 Å². The van der Waals surface area contributed by atoms with Crippen molar-refractivity contribution in [3.63, 3.8) is 0 Å². The highest BCUT2D eigenvalue weighted by atomic mass is 35.5. The number of carbonyl (C=O) groups excluding carboxylic acids is 2. The zero-order valence-corrected chi connectivity index (χ0v) is 17.0. The van der Waals surface area contributed by atoms with Gasteiger partial charge in [-0.1, -0.05) is 18.5 Å². The van der Waals surface area contributed by atoms with Gasteiger partial charge in [0, 0.05) is 31.4 Å². The lowest BCUT2D eigenvalue weighted by Crippen LogP contribution is -2.48. The second-order valence-corrected chi connectivity index (χ2v) is 8.81. The summed E-state index contributed by atoms with van der Waals surface area (Å²) in [5, 5.41) is 4.31. The van der Waals surface area contributed by atoms with E-state index >= 15 is 0 Å². The summed E-state index contributed by atoms with van der Waals surface area (Å²) in [5.74, 6) is -4.29. The summed E-state index contributed by atoms with van der Waals surface area (Å²) < 4.78 is 41.6. The lowest BCUT2D eigenvalue weighted by molar-refractivity contribution is -0.166. The third kappa shape index (κ3) is 3.66. The minimum Gasteiger partial charge on any atom is -0.365 e. The average molecular weight is 441 g/mol. The molecule has 0 radical (unpaired) electrons. The Kier molecular flexibility index (Phi) is 4.84. The van der Waals surface area contributed by atoms with Crippen molar-refractivity contribution < 1.29 is 22.8 Å². The smallest absolute Gasteiger partial charge is 0.252 e. The number of alkyl halides is 2. The quantitative estimate of drug-likeness (QED) is 0.788. The van der Waals surface area contributed by atoms with Crippen LogP contribution in [-0.4, -0.2) is 39.0 Å². The van der Waals surface area contributed by atoms with Crippen LogP contribution < -0.4 is 5.73 Å². The highest BCUT2D eigenvalue weighted by Gasteiger charge is 2.54. The number of fused-ring (bicyclic) bond motifs is 1. The van der Waals surface area contributed by atoms with E-state index < -0.39 is 23.1 Å². The molecule has 2 heterocycles. The Morgan fingerprint density at radius 2 is 1.97 bits per heavy atom. The van der Waals surface area contributed by atoms with E-state index in [1.165, 1.54) is 23.1 Å². The number of carbonyl (C=O) groups is 2. The maximum atomic E-state index is 13.5. The van der Waals surface area contributed by atoms with Gasteiger partial charge in [0.15, 0.2) is 0 Å². The molecule has 10 heteroatoms. The number of hydrogen-bond donors (Lipinski definition) is 1. The standard InChI is InChI=1S/C20H20ClF3N4O2/c1-19(9-20(23,24)10-19)7-15(29)27-4-5-28-14(8-27)16(18(25)30)17(26-28)11-2-3-13(22)12(21)6-11/h2-3,6H,4-5,7-10H2,1H3,(H2,25,30). The van der Waals surface area contributed by atoms with Crippen LogP contribution >= 0.6 is 11.6 Å². The first-order chi connectivity index (χ1) is 14.0. The van der Waals surface area contributed by atoms with Crippen LogP contribution in [0.15, 0.2) is 18.2 Å². The molecule has 1 aromatic carbocycles. The van der Waals surface area contributed by atoms with Gasteiger partial charge in [-0.05, 0) is 23.6 Å². The van der Waals surface area contributed by atoms with Gasteiger partial charge in [0.1, 0.15) is 11.5 Å². The van der Waals surface area contributed by atoms with Crippen molar-refractivity contribution in [2.24, 2.45) is 11.1 Å². The highest BCUT2D eigenvalue weighted by Crippen LogP contribution is 2.53. The molecule has 1 aliphatic heterocycles. The monoisotopic (exact) mass is 440 g/mol. The topological polar surface area (TPSA) is 81.2 Å². The summed E-state index contributed by atoms with van der Waals surface area (Å²) >= 11 is 5.86. The maximum Gasteiger partial charge on any atom is 0.252 e. The third-order valence-electron chi connectivity index (χ3n) is 5.72. The molecule has 160 valence electrons. The number of aromatic nitrogens is 2. The minimum atomic E-state index is -2.71. The van der Waals surface area contributed by atoms with Crippen molar-refractivity contribution >= 4 is 23.4 Å². The first-order valence-electron chi connectivity index (χ1n) is 9.49. The van der Waals surface area contributed by atoms with Gasteiger partial charge in [-0.25, -0.2) is 13.2 Å². The van der Waals surface area contributed by atoms with E-state index in [2.05, 4.69) is 5.10 Å². The summed E-state index contributed by atoms with van der Waals surface area (Å²) in [6.07, 6.45) is -0.595. The Morgan fingerprint density at radius 1 is 1.27 bits per heavy atom. The predicted octanol–water partition coefficient (Wildman–Crippen LogP) is 3.61. The summed E-state index contributed by atoms with van der Waals surface area (Å²) in [7, 11) is 0. The Bertz CT molecular complexity index is 1040. The van der Waals surface area contributed by atoms with Crippen molar-refractivity contribution in [2.75, 3.05) is 6.54 Å². The number of rotatable bonds is 4. The van der Waals surface area contributed by atoms with Crippen LogP contribution in [0, 0.1) is 11.2 Å². The molecule has 4 rings (SSSR count). The maximum absolute atomic E-state index is 13.5. The number of nitrogens with two attached hydrogens (primary N) is 1. The van der Waals surface area contributed by atoms with Crippen molar-refractivity contribution in [1.82, 2.24) is 14.7 Å². The van der Waals surface area contributed by atoms with Gasteiger partial charge in [0.2, 0.25) is 11.8 Å². The van der Waals surface area contributed by atoms with Crippen LogP contribution in [0.2, 0.25) is 5.02 Å². The molecule has 0 spiro atoms. The van der Waals surface area contributed by atoms with Crippen molar-refractivity contribution in [3.8, 4) is 11.3 Å². The number of nitrogens with zero attached hydrogens (tertiary/aromatic N) is 3. The number of amides is 2. The Morgan fingerprint density at radius 3 is 2.57 bits per heavy atom. The SMILES string of the molecule is CC1(CC(=O)N2CCn3nc(-c4ccc(F)c(Cl)c4)c(C(N)=O)c3C2)CC(F)(F)C1. The summed E-state index contributed by atoms with van der Waals surface area (Å²) in [6.45, 7) is 2.43. The van der Waals surface area contributed by atoms with Crippen molar-refractivity contribution in [1.29, 1.82) is 0 Å². The van der Waals surface area contributed by atoms with Gasteiger partial charge in [-0.2, -0.15) is 5.10 Å². The van der Waals surface area contributed by atoms with E-state index in [9.17, 15) is 22.8 Å². The normalized spacial score (nSPS) is 19.2. The largest absolute Gasteiger partial charge is 0.365 e. The van der Waals surface area contributed by atoms with E-state index in [1.54, 1.807) is 11.6 Å². The fourth-order valence-corrected chi connectivity index (χ4v) is 4.61. The van der Waals surface area contributed by atoms with Gasteiger partial charge >= 0.3 is 0 Å². The lowest BCUT2D eigenvalue weighted by Gasteiger charge is -2.45. The molecule has 0 atom stereocenters. The summed E-state index contributed by atoms with van der Waals surface area (Å²) in [6, 6.07) is 3.98. The molecule has 1 saturated carbocycles. The Balaban J connectivity index is 1.60. The first kappa shape index (κ1) is 20.7. The van der Waals surface area contributed by atoms with Gasteiger partial charge in [0.05, 0.1) is 29.4 Å². The fourth-order valence-electron chi connectivity index (χ4n) is 4.43.